The Balaban J connectivity index is 0.000000296. The van der Waals surface area contributed by atoms with Crippen LogP contribution in [0, 0.1) is 0 Å². The summed E-state index contributed by atoms with van der Waals surface area (Å²) in [5.41, 5.74) is 12.6. The number of H-pyrrole nitrogens is 2. The molecule has 0 fully saturated rings. The predicted molar refractivity (Wildman–Crippen MR) is 289 cm³/mol. The molecule has 0 spiro atoms. The Morgan fingerprint density at radius 1 is 0.544 bits per heavy atom. The van der Waals surface area contributed by atoms with E-state index >= 15 is 0 Å². The first-order chi connectivity index (χ1) is 33.5. The Kier molecular flexibility index (Phi) is 23.6. The quantitative estimate of drug-likeness (QED) is 0.115. The standard InChI is InChI=1S/C21H23N7.C21H19N7.6C2H6/c2*1-3-17-24-14-8-7-13(12-16(14)25-17)19-20(15-9-10-23-21(22-2)26-15)28-11-5-4-6-18(28)27-19;6*1-2/h7-10,12H,3-6,11H2,1-2H3,(H,24,25)(H,22,23,26);4-12H,3H2,1-2H3,(H,24,25)(H,22,23,26);6*1-2H3. The van der Waals surface area contributed by atoms with Crippen LogP contribution in [0.15, 0.2) is 85.3 Å². The minimum atomic E-state index is 0.575. The molecular weight excluding hydrogens is 845 g/mol. The summed E-state index contributed by atoms with van der Waals surface area (Å²) >= 11 is 0. The number of imidazole rings is 4. The highest BCUT2D eigenvalue weighted by Crippen LogP contribution is 2.36. The van der Waals surface area contributed by atoms with Crippen LogP contribution in [0.25, 0.3) is 73.0 Å². The minimum Gasteiger partial charge on any atom is -0.357 e. The molecule has 0 aliphatic carbocycles. The fourth-order valence-electron chi connectivity index (χ4n) is 7.36. The summed E-state index contributed by atoms with van der Waals surface area (Å²) in [5.74, 6) is 4.32. The number of pyridine rings is 1. The summed E-state index contributed by atoms with van der Waals surface area (Å²) in [4.78, 5) is 43.8. The smallest absolute Gasteiger partial charge is 0.222 e. The summed E-state index contributed by atoms with van der Waals surface area (Å²) in [6.07, 6.45) is 10.7. The first-order valence-corrected chi connectivity index (χ1v) is 25.1. The van der Waals surface area contributed by atoms with Crippen LogP contribution < -0.4 is 10.6 Å². The zero-order valence-corrected chi connectivity index (χ0v) is 43.8. The van der Waals surface area contributed by atoms with Gasteiger partial charge in [0.2, 0.25) is 11.9 Å². The highest BCUT2D eigenvalue weighted by molar-refractivity contribution is 5.88. The van der Waals surface area contributed by atoms with Crippen molar-refractivity contribution in [2.45, 2.75) is 136 Å². The zero-order chi connectivity index (χ0) is 50.2. The van der Waals surface area contributed by atoms with Gasteiger partial charge >= 0.3 is 0 Å². The van der Waals surface area contributed by atoms with Crippen LogP contribution in [0.1, 0.15) is 127 Å². The Bertz CT molecular complexity index is 2840. The van der Waals surface area contributed by atoms with E-state index in [0.717, 1.165) is 116 Å². The molecule has 364 valence electrons. The first kappa shape index (κ1) is 55.4. The predicted octanol–water partition coefficient (Wildman–Crippen LogP) is 13.9. The molecule has 1 aliphatic heterocycles. The molecule has 0 saturated carbocycles. The molecule has 4 N–H and O–H groups in total. The van der Waals surface area contributed by atoms with E-state index in [9.17, 15) is 0 Å². The minimum absolute atomic E-state index is 0.575. The van der Waals surface area contributed by atoms with E-state index in [-0.39, 0.29) is 0 Å². The largest absolute Gasteiger partial charge is 0.357 e. The van der Waals surface area contributed by atoms with Crippen molar-refractivity contribution in [2.75, 3.05) is 24.7 Å². The number of benzene rings is 2. The van der Waals surface area contributed by atoms with Crippen molar-refractivity contribution in [1.82, 2.24) is 58.8 Å². The van der Waals surface area contributed by atoms with Crippen molar-refractivity contribution in [3.8, 4) is 45.3 Å². The van der Waals surface area contributed by atoms with Gasteiger partial charge in [-0.15, -0.1) is 0 Å². The van der Waals surface area contributed by atoms with Crippen LogP contribution in [-0.2, 0) is 25.8 Å². The first-order valence-electron chi connectivity index (χ1n) is 25.1. The lowest BCUT2D eigenvalue weighted by Gasteiger charge is -2.16. The number of rotatable bonds is 8. The molecule has 1 aliphatic rings. The number of nitrogens with one attached hydrogen (secondary N) is 4. The second kappa shape index (κ2) is 28.9. The second-order valence-corrected chi connectivity index (χ2v) is 13.6. The molecule has 0 saturated heterocycles. The lowest BCUT2D eigenvalue weighted by atomic mass is 10.1. The number of nitrogens with zero attached hydrogens (tertiary/aromatic N) is 10. The maximum atomic E-state index is 5.03. The van der Waals surface area contributed by atoms with E-state index in [1.165, 1.54) is 12.8 Å². The highest BCUT2D eigenvalue weighted by Gasteiger charge is 2.24. The van der Waals surface area contributed by atoms with Gasteiger partial charge in [-0.2, -0.15) is 0 Å². The van der Waals surface area contributed by atoms with Crippen molar-refractivity contribution in [1.29, 1.82) is 0 Å². The molecule has 8 heterocycles. The van der Waals surface area contributed by atoms with Crippen LogP contribution >= 0.6 is 0 Å². The number of aromatic nitrogens is 12. The van der Waals surface area contributed by atoms with Crippen molar-refractivity contribution < 1.29 is 0 Å². The van der Waals surface area contributed by atoms with Gasteiger partial charge in [-0.1, -0.05) is 115 Å². The molecule has 68 heavy (non-hydrogen) atoms. The van der Waals surface area contributed by atoms with Gasteiger partial charge in [0.15, 0.2) is 0 Å². The zero-order valence-electron chi connectivity index (χ0n) is 43.8. The average Bonchev–Trinajstić information content (AvgIpc) is 4.24. The number of anilines is 2. The fraction of sp³-hybridized carbons (Fsp3) is 0.407. The van der Waals surface area contributed by atoms with Gasteiger partial charge in [-0.05, 0) is 61.4 Å². The van der Waals surface area contributed by atoms with E-state index in [2.05, 4.69) is 98.7 Å². The molecule has 7 aromatic heterocycles. The van der Waals surface area contributed by atoms with E-state index in [1.54, 1.807) is 12.4 Å². The molecule has 0 unspecified atom stereocenters. The summed E-state index contributed by atoms with van der Waals surface area (Å²) in [5, 5.41) is 6.04. The van der Waals surface area contributed by atoms with Crippen LogP contribution in [0.4, 0.5) is 11.9 Å². The van der Waals surface area contributed by atoms with Crippen LogP contribution in [-0.4, -0.2) is 72.9 Å². The molecule has 0 bridgehead atoms. The number of hydrogen-bond acceptors (Lipinski definition) is 10. The molecule has 10 rings (SSSR count). The summed E-state index contributed by atoms with van der Waals surface area (Å²) in [6, 6.07) is 22.4. The van der Waals surface area contributed by atoms with Crippen molar-refractivity contribution in [2.24, 2.45) is 0 Å². The van der Waals surface area contributed by atoms with Gasteiger partial charge in [0.05, 0.1) is 56.2 Å². The lowest BCUT2D eigenvalue weighted by molar-refractivity contribution is 0.525. The molecule has 14 heteroatoms. The van der Waals surface area contributed by atoms with Gasteiger partial charge in [-0.25, -0.2) is 39.9 Å². The Hall–Kier alpha value is -6.96. The van der Waals surface area contributed by atoms with Crippen molar-refractivity contribution in [3.05, 3.63) is 103 Å². The molecule has 2 aromatic carbocycles. The van der Waals surface area contributed by atoms with Crippen LogP contribution in [0.2, 0.25) is 0 Å². The molecule has 0 radical (unpaired) electrons. The molecule has 14 nitrogen and oxygen atoms in total. The van der Waals surface area contributed by atoms with Crippen molar-refractivity contribution in [3.63, 3.8) is 0 Å². The third-order valence-corrected chi connectivity index (χ3v) is 10.1. The van der Waals surface area contributed by atoms with Crippen LogP contribution in [0.5, 0.6) is 0 Å². The number of fused-ring (bicyclic) bond motifs is 4. The normalized spacial score (nSPS) is 10.8. The van der Waals surface area contributed by atoms with Gasteiger partial charge in [0.25, 0.3) is 0 Å². The number of hydrogen-bond donors (Lipinski definition) is 4. The van der Waals surface area contributed by atoms with E-state index < -0.39 is 0 Å². The molecular formula is C54H78N14. The van der Waals surface area contributed by atoms with Gasteiger partial charge in [-0.3, -0.25) is 4.40 Å². The molecule has 0 atom stereocenters. The van der Waals surface area contributed by atoms with Crippen LogP contribution in [0.3, 0.4) is 0 Å². The van der Waals surface area contributed by atoms with Gasteiger partial charge in [0, 0.05) is 69.6 Å². The summed E-state index contributed by atoms with van der Waals surface area (Å²) in [7, 11) is 3.65. The monoisotopic (exact) mass is 923 g/mol. The summed E-state index contributed by atoms with van der Waals surface area (Å²) in [6.45, 7) is 29.2. The van der Waals surface area contributed by atoms with E-state index in [1.807, 2.05) is 140 Å². The average molecular weight is 923 g/mol. The Morgan fingerprint density at radius 2 is 1.04 bits per heavy atom. The van der Waals surface area contributed by atoms with E-state index in [0.29, 0.717) is 11.9 Å². The highest BCUT2D eigenvalue weighted by atomic mass is 15.1. The van der Waals surface area contributed by atoms with Gasteiger partial charge < -0.3 is 25.2 Å². The third-order valence-electron chi connectivity index (χ3n) is 10.1. The van der Waals surface area contributed by atoms with Gasteiger partial charge in [0.1, 0.15) is 23.1 Å². The number of aromatic amines is 2. The third kappa shape index (κ3) is 12.7. The maximum Gasteiger partial charge on any atom is 0.222 e. The van der Waals surface area contributed by atoms with Crippen molar-refractivity contribution >= 4 is 39.6 Å². The Morgan fingerprint density at radius 3 is 1.54 bits per heavy atom. The molecule has 0 amide bonds. The second-order valence-electron chi connectivity index (χ2n) is 13.6. The Labute approximate surface area is 405 Å². The topological polar surface area (TPSA) is 168 Å². The fourth-order valence-corrected chi connectivity index (χ4v) is 7.36. The van der Waals surface area contributed by atoms with E-state index in [4.69, 9.17) is 15.0 Å². The maximum absolute atomic E-state index is 5.03. The summed E-state index contributed by atoms with van der Waals surface area (Å²) < 4.78 is 4.39. The molecule has 9 aromatic rings. The lowest BCUT2D eigenvalue weighted by Crippen LogP contribution is -2.12. The SMILES string of the molecule is CC.CC.CC.CC.CC.CC.CCc1nc2ccc(-c3nc4ccccn4c3-c3ccnc(NC)n3)cc2[nH]1.CCc1nc2ccc(-c3nc4n(c3-c3ccnc(NC)n3)CCCC4)cc2[nH]1. The number of aryl methyl sites for hydroxylation is 3.